The molecule has 1 N–H and O–H groups in total. The number of aryl methyl sites for hydroxylation is 2. The summed E-state index contributed by atoms with van der Waals surface area (Å²) in [7, 11) is 0. The Labute approximate surface area is 208 Å². The molecule has 1 aliphatic rings. The number of thiocarbonyl (C=S) groups is 1. The summed E-state index contributed by atoms with van der Waals surface area (Å²) >= 11 is 6.72. The molecule has 1 fully saturated rings. The van der Waals surface area contributed by atoms with Crippen LogP contribution < -0.4 is 10.1 Å². The van der Waals surface area contributed by atoms with Crippen LogP contribution in [0.1, 0.15) is 22.3 Å². The average molecular weight is 489 g/mol. The maximum Gasteiger partial charge on any atom is 0.266 e. The van der Waals surface area contributed by atoms with Gasteiger partial charge in [-0.15, -0.1) is 0 Å². The van der Waals surface area contributed by atoms with Gasteiger partial charge >= 0.3 is 0 Å². The molecule has 0 aliphatic carbocycles. The van der Waals surface area contributed by atoms with Gasteiger partial charge in [0.25, 0.3) is 11.8 Å². The van der Waals surface area contributed by atoms with E-state index in [1.54, 1.807) is 23.1 Å². The fraction of sp³-hybridized carbons (Fsp3) is 0.148. The molecule has 0 aromatic heterocycles. The van der Waals surface area contributed by atoms with Crippen LogP contribution in [-0.4, -0.2) is 27.6 Å². The Balaban J connectivity index is 1.38. The molecule has 172 valence electrons. The minimum Gasteiger partial charge on any atom is -0.484 e. The van der Waals surface area contributed by atoms with E-state index < -0.39 is 0 Å². The molecule has 0 bridgehead atoms. The Morgan fingerprint density at radius 2 is 1.85 bits per heavy atom. The second kappa shape index (κ2) is 10.7. The van der Waals surface area contributed by atoms with Crippen LogP contribution in [0, 0.1) is 13.8 Å². The fourth-order valence-electron chi connectivity index (χ4n) is 3.54. The SMILES string of the molecule is Cc1ccc(NC(=O)COc2cccc(/C=C3\SC(=S)N(Cc4ccccc4)C3=O)c2)c(C)c1. The van der Waals surface area contributed by atoms with Gasteiger partial charge in [-0.1, -0.05) is 84.1 Å². The first-order valence-electron chi connectivity index (χ1n) is 10.8. The minimum atomic E-state index is -0.237. The van der Waals surface area contributed by atoms with Crippen LogP contribution in [0.5, 0.6) is 5.75 Å². The molecule has 1 saturated heterocycles. The lowest BCUT2D eigenvalue weighted by Crippen LogP contribution is -2.27. The van der Waals surface area contributed by atoms with Gasteiger partial charge in [0, 0.05) is 5.69 Å². The van der Waals surface area contributed by atoms with Crippen molar-refractivity contribution in [3.63, 3.8) is 0 Å². The van der Waals surface area contributed by atoms with E-state index >= 15 is 0 Å². The van der Waals surface area contributed by atoms with Gasteiger partial charge in [0.15, 0.2) is 6.61 Å². The van der Waals surface area contributed by atoms with Gasteiger partial charge in [-0.05, 0) is 54.8 Å². The first-order valence-corrected chi connectivity index (χ1v) is 12.0. The van der Waals surface area contributed by atoms with E-state index in [2.05, 4.69) is 5.32 Å². The van der Waals surface area contributed by atoms with Crippen molar-refractivity contribution in [3.8, 4) is 5.75 Å². The third-order valence-corrected chi connectivity index (χ3v) is 6.62. The van der Waals surface area contributed by atoms with E-state index in [1.165, 1.54) is 11.8 Å². The molecule has 0 saturated carbocycles. The molecule has 0 radical (unpaired) electrons. The van der Waals surface area contributed by atoms with Crippen molar-refractivity contribution < 1.29 is 14.3 Å². The number of amides is 2. The van der Waals surface area contributed by atoms with Gasteiger partial charge in [0.1, 0.15) is 10.1 Å². The highest BCUT2D eigenvalue weighted by atomic mass is 32.2. The maximum atomic E-state index is 12.9. The largest absolute Gasteiger partial charge is 0.484 e. The van der Waals surface area contributed by atoms with Crippen LogP contribution in [0.25, 0.3) is 6.08 Å². The third-order valence-electron chi connectivity index (χ3n) is 5.24. The number of hydrogen-bond donors (Lipinski definition) is 1. The summed E-state index contributed by atoms with van der Waals surface area (Å²) < 4.78 is 6.23. The van der Waals surface area contributed by atoms with Crippen LogP contribution in [-0.2, 0) is 16.1 Å². The Hall–Kier alpha value is -3.42. The number of ether oxygens (including phenoxy) is 1. The summed E-state index contributed by atoms with van der Waals surface area (Å²) in [5.74, 6) is 0.196. The van der Waals surface area contributed by atoms with Gasteiger partial charge in [0.05, 0.1) is 11.4 Å². The summed E-state index contributed by atoms with van der Waals surface area (Å²) in [5, 5.41) is 2.87. The van der Waals surface area contributed by atoms with E-state index in [0.717, 1.165) is 27.9 Å². The van der Waals surface area contributed by atoms with Crippen molar-refractivity contribution in [1.29, 1.82) is 0 Å². The highest BCUT2D eigenvalue weighted by molar-refractivity contribution is 8.26. The maximum absolute atomic E-state index is 12.9. The predicted octanol–water partition coefficient (Wildman–Crippen LogP) is 5.72. The molecule has 0 atom stereocenters. The molecule has 1 aliphatic heterocycles. The van der Waals surface area contributed by atoms with E-state index in [1.807, 2.05) is 74.5 Å². The van der Waals surface area contributed by atoms with E-state index in [0.29, 0.717) is 21.5 Å². The van der Waals surface area contributed by atoms with Crippen molar-refractivity contribution in [2.24, 2.45) is 0 Å². The summed E-state index contributed by atoms with van der Waals surface area (Å²) in [4.78, 5) is 27.4. The third kappa shape index (κ3) is 5.92. The van der Waals surface area contributed by atoms with Crippen LogP contribution in [0.3, 0.4) is 0 Å². The molecule has 2 amide bonds. The molecule has 0 unspecified atom stereocenters. The second-order valence-electron chi connectivity index (χ2n) is 7.98. The van der Waals surface area contributed by atoms with Crippen LogP contribution >= 0.6 is 24.0 Å². The Bertz CT molecular complexity index is 1270. The minimum absolute atomic E-state index is 0.113. The first kappa shape index (κ1) is 23.7. The molecule has 1 heterocycles. The van der Waals surface area contributed by atoms with E-state index in [9.17, 15) is 9.59 Å². The number of nitrogens with zero attached hydrogens (tertiary/aromatic N) is 1. The number of rotatable bonds is 7. The van der Waals surface area contributed by atoms with Crippen molar-refractivity contribution in [3.05, 3.63) is 100.0 Å². The summed E-state index contributed by atoms with van der Waals surface area (Å²) in [5.41, 5.74) is 4.73. The average Bonchev–Trinajstić information content (AvgIpc) is 3.08. The lowest BCUT2D eigenvalue weighted by Gasteiger charge is -2.14. The lowest BCUT2D eigenvalue weighted by atomic mass is 10.1. The topological polar surface area (TPSA) is 58.6 Å². The summed E-state index contributed by atoms with van der Waals surface area (Å²) in [6.45, 7) is 4.29. The van der Waals surface area contributed by atoms with Crippen LogP contribution in [0.2, 0.25) is 0 Å². The molecular weight excluding hydrogens is 464 g/mol. The zero-order chi connectivity index (χ0) is 24.1. The van der Waals surface area contributed by atoms with Gasteiger partial charge in [-0.3, -0.25) is 14.5 Å². The molecule has 4 rings (SSSR count). The predicted molar refractivity (Wildman–Crippen MR) is 142 cm³/mol. The highest BCUT2D eigenvalue weighted by Gasteiger charge is 2.31. The molecule has 0 spiro atoms. The first-order chi connectivity index (χ1) is 16.4. The van der Waals surface area contributed by atoms with E-state index in [4.69, 9.17) is 17.0 Å². The standard InChI is InChI=1S/C27H24N2O3S2/c1-18-11-12-23(19(2)13-18)28-25(30)17-32-22-10-6-9-21(14-22)15-24-26(31)29(27(33)34-24)16-20-7-4-3-5-8-20/h3-15H,16-17H2,1-2H3,(H,28,30)/b24-15-. The molecular formula is C27H24N2O3S2. The normalized spacial score (nSPS) is 14.5. The number of thioether (sulfide) groups is 1. The smallest absolute Gasteiger partial charge is 0.266 e. The number of carbonyl (C=O) groups excluding carboxylic acids is 2. The number of carbonyl (C=O) groups is 2. The number of hydrogen-bond acceptors (Lipinski definition) is 5. The van der Waals surface area contributed by atoms with Gasteiger partial charge in [0.2, 0.25) is 0 Å². The lowest BCUT2D eigenvalue weighted by molar-refractivity contribution is -0.122. The highest BCUT2D eigenvalue weighted by Crippen LogP contribution is 2.34. The van der Waals surface area contributed by atoms with Crippen molar-refractivity contribution in [1.82, 2.24) is 4.90 Å². The molecule has 7 heteroatoms. The van der Waals surface area contributed by atoms with Gasteiger partial charge < -0.3 is 10.1 Å². The van der Waals surface area contributed by atoms with Gasteiger partial charge in [-0.25, -0.2) is 0 Å². The molecule has 34 heavy (non-hydrogen) atoms. The van der Waals surface area contributed by atoms with Crippen molar-refractivity contribution in [2.45, 2.75) is 20.4 Å². The summed E-state index contributed by atoms with van der Waals surface area (Å²) in [6, 6.07) is 22.9. The monoisotopic (exact) mass is 488 g/mol. The van der Waals surface area contributed by atoms with Crippen molar-refractivity contribution >= 4 is 51.9 Å². The van der Waals surface area contributed by atoms with E-state index in [-0.39, 0.29) is 18.4 Å². The fourth-order valence-corrected chi connectivity index (χ4v) is 4.79. The Morgan fingerprint density at radius 1 is 1.06 bits per heavy atom. The zero-order valence-corrected chi connectivity index (χ0v) is 20.5. The number of benzene rings is 3. The second-order valence-corrected chi connectivity index (χ2v) is 9.66. The Kier molecular flexibility index (Phi) is 7.45. The number of anilines is 1. The molecule has 5 nitrogen and oxygen atoms in total. The van der Waals surface area contributed by atoms with Gasteiger partial charge in [-0.2, -0.15) is 0 Å². The summed E-state index contributed by atoms with van der Waals surface area (Å²) in [6.07, 6.45) is 1.80. The van der Waals surface area contributed by atoms with Crippen molar-refractivity contribution in [2.75, 3.05) is 11.9 Å². The number of nitrogens with one attached hydrogen (secondary N) is 1. The Morgan fingerprint density at radius 3 is 2.62 bits per heavy atom. The zero-order valence-electron chi connectivity index (χ0n) is 18.9. The molecule has 3 aromatic carbocycles. The quantitative estimate of drug-likeness (QED) is 0.340. The van der Waals surface area contributed by atoms with Crippen LogP contribution in [0.15, 0.2) is 77.7 Å². The van der Waals surface area contributed by atoms with Crippen LogP contribution in [0.4, 0.5) is 5.69 Å². The molecule has 3 aromatic rings.